The molecule has 0 aliphatic carbocycles. The second-order valence-electron chi connectivity index (χ2n) is 3.78. The molecule has 0 atom stereocenters. The second-order valence-corrected chi connectivity index (χ2v) is 6.47. The summed E-state index contributed by atoms with van der Waals surface area (Å²) < 4.78 is 35.3. The van der Waals surface area contributed by atoms with Gasteiger partial charge in [0.1, 0.15) is 0 Å². The first-order valence-electron chi connectivity index (χ1n) is 5.48. The summed E-state index contributed by atoms with van der Waals surface area (Å²) in [5.41, 5.74) is 2.35. The van der Waals surface area contributed by atoms with Gasteiger partial charge in [0.2, 0.25) is 5.84 Å². The van der Waals surface area contributed by atoms with E-state index in [1.807, 2.05) is 0 Å². The molecule has 23 heavy (non-hydrogen) atoms. The van der Waals surface area contributed by atoms with Crippen LogP contribution >= 0.6 is 46.4 Å². The molecule has 2 rings (SSSR count). The number of alkyl halides is 6. The number of aromatic nitrogens is 5. The average Bonchev–Trinajstić information content (AvgIpc) is 2.89. The molecule has 14 heteroatoms. The average molecular weight is 409 g/mol. The summed E-state index contributed by atoms with van der Waals surface area (Å²) in [5.74, 6) is -2.03. The van der Waals surface area contributed by atoms with Crippen molar-refractivity contribution in [3.05, 3.63) is 29.2 Å². The van der Waals surface area contributed by atoms with E-state index >= 15 is 0 Å². The van der Waals surface area contributed by atoms with Gasteiger partial charge in [-0.25, -0.2) is 4.98 Å². The summed E-state index contributed by atoms with van der Waals surface area (Å²) in [6, 6.07) is 3.05. The zero-order valence-corrected chi connectivity index (χ0v) is 13.6. The fourth-order valence-corrected chi connectivity index (χ4v) is 1.73. The number of nitrogens with one attached hydrogen (secondary N) is 1. The lowest BCUT2D eigenvalue weighted by atomic mass is 10.5. The molecule has 0 aromatic carbocycles. The highest BCUT2D eigenvalue weighted by molar-refractivity contribution is 6.76. The standard InChI is InChI=1S/C9H4Cl4F3N7/c10-4-2-1-3-17-5(4)18-20-7(8(11,12)13)23-21-6(19-22-23)9(14,15)16/h1-3H,(H,17,18)/b20-7+. The minimum absolute atomic E-state index is 0.0806. The summed E-state index contributed by atoms with van der Waals surface area (Å²) in [4.78, 5) is 4.18. The first kappa shape index (κ1) is 18.0. The predicted molar refractivity (Wildman–Crippen MR) is 78.8 cm³/mol. The number of tetrazole rings is 1. The van der Waals surface area contributed by atoms with E-state index in [-0.39, 0.29) is 10.8 Å². The molecule has 0 amide bonds. The first-order valence-corrected chi connectivity index (χ1v) is 6.99. The van der Waals surface area contributed by atoms with Gasteiger partial charge in [0.05, 0.1) is 5.02 Å². The molecule has 0 fully saturated rings. The van der Waals surface area contributed by atoms with Crippen molar-refractivity contribution in [2.45, 2.75) is 9.97 Å². The molecule has 0 saturated carbocycles. The number of pyridine rings is 1. The number of hydrazone groups is 1. The molecule has 0 spiro atoms. The van der Waals surface area contributed by atoms with Crippen LogP contribution in [0.15, 0.2) is 23.4 Å². The molecule has 124 valence electrons. The van der Waals surface area contributed by atoms with Gasteiger partial charge >= 0.3 is 6.18 Å². The van der Waals surface area contributed by atoms with Crippen molar-refractivity contribution in [2.75, 3.05) is 5.43 Å². The van der Waals surface area contributed by atoms with Crippen molar-refractivity contribution in [3.8, 4) is 0 Å². The largest absolute Gasteiger partial charge is 0.455 e. The fraction of sp³-hybridized carbons (Fsp3) is 0.222. The maximum absolute atomic E-state index is 12.5. The predicted octanol–water partition coefficient (Wildman–Crippen LogP) is 3.38. The molecular formula is C9H4Cl4F3N7. The summed E-state index contributed by atoms with van der Waals surface area (Å²) in [5, 5.41) is 12.9. The first-order chi connectivity index (χ1) is 10.6. The number of rotatable bonds is 2. The van der Waals surface area contributed by atoms with Crippen molar-refractivity contribution in [3.63, 3.8) is 0 Å². The maximum atomic E-state index is 12.5. The van der Waals surface area contributed by atoms with Crippen molar-refractivity contribution >= 4 is 58.1 Å². The van der Waals surface area contributed by atoms with Crippen LogP contribution in [0.3, 0.4) is 0 Å². The SMILES string of the molecule is FC(F)(F)c1nnn(/C(=N/Nc2ncccc2Cl)C(Cl)(Cl)Cl)n1. The highest BCUT2D eigenvalue weighted by Gasteiger charge is 2.39. The highest BCUT2D eigenvalue weighted by Crippen LogP contribution is 2.30. The van der Waals surface area contributed by atoms with E-state index in [9.17, 15) is 13.2 Å². The normalized spacial score (nSPS) is 13.3. The molecule has 0 saturated heterocycles. The molecular weight excluding hydrogens is 405 g/mol. The van der Waals surface area contributed by atoms with Crippen LogP contribution in [-0.4, -0.2) is 34.8 Å². The Labute approximate surface area is 146 Å². The molecule has 0 radical (unpaired) electrons. The van der Waals surface area contributed by atoms with Gasteiger partial charge in [0, 0.05) is 6.20 Å². The molecule has 2 aromatic rings. The molecule has 0 unspecified atom stereocenters. The van der Waals surface area contributed by atoms with Gasteiger partial charge in [-0.3, -0.25) is 5.43 Å². The van der Waals surface area contributed by atoms with Gasteiger partial charge < -0.3 is 0 Å². The van der Waals surface area contributed by atoms with Gasteiger partial charge in [-0.2, -0.15) is 18.3 Å². The van der Waals surface area contributed by atoms with Crippen LogP contribution in [0.2, 0.25) is 5.02 Å². The van der Waals surface area contributed by atoms with Crippen LogP contribution in [0, 0.1) is 0 Å². The van der Waals surface area contributed by atoms with E-state index in [0.717, 1.165) is 0 Å². The Kier molecular flexibility index (Phi) is 5.19. The summed E-state index contributed by atoms with van der Waals surface area (Å²) in [7, 11) is 0. The Balaban J connectivity index is 2.37. The van der Waals surface area contributed by atoms with Crippen LogP contribution in [0.1, 0.15) is 5.82 Å². The van der Waals surface area contributed by atoms with Crippen molar-refractivity contribution in [1.29, 1.82) is 0 Å². The fourth-order valence-electron chi connectivity index (χ4n) is 1.21. The monoisotopic (exact) mass is 407 g/mol. The molecule has 2 aromatic heterocycles. The minimum Gasteiger partial charge on any atom is -0.258 e. The third-order valence-corrected chi connectivity index (χ3v) is 2.95. The van der Waals surface area contributed by atoms with Crippen molar-refractivity contribution in [2.24, 2.45) is 5.10 Å². The Morgan fingerprint density at radius 2 is 1.96 bits per heavy atom. The molecule has 0 aliphatic heterocycles. The molecule has 7 nitrogen and oxygen atoms in total. The lowest BCUT2D eigenvalue weighted by molar-refractivity contribution is -0.145. The number of halogens is 7. The Hall–Kier alpha value is -1.36. The molecule has 1 N–H and O–H groups in total. The van der Waals surface area contributed by atoms with E-state index in [1.54, 1.807) is 6.07 Å². The van der Waals surface area contributed by atoms with Crippen LogP contribution in [0.25, 0.3) is 0 Å². The zero-order chi connectivity index (χ0) is 17.3. The van der Waals surface area contributed by atoms with Crippen LogP contribution in [-0.2, 0) is 6.18 Å². The quantitative estimate of drug-likeness (QED) is 0.356. The molecule has 0 bridgehead atoms. The van der Waals surface area contributed by atoms with Gasteiger partial charge in [-0.15, -0.1) is 15.0 Å². The van der Waals surface area contributed by atoms with Crippen LogP contribution in [0.4, 0.5) is 19.0 Å². The third-order valence-electron chi connectivity index (χ3n) is 2.14. The van der Waals surface area contributed by atoms with Gasteiger partial charge in [-0.1, -0.05) is 46.4 Å². The topological polar surface area (TPSA) is 80.9 Å². The van der Waals surface area contributed by atoms with Crippen molar-refractivity contribution in [1.82, 2.24) is 25.2 Å². The molecule has 2 heterocycles. The smallest absolute Gasteiger partial charge is 0.258 e. The van der Waals surface area contributed by atoms with Crippen molar-refractivity contribution < 1.29 is 13.2 Å². The Morgan fingerprint density at radius 3 is 2.48 bits per heavy atom. The van der Waals surface area contributed by atoms with Gasteiger partial charge in [-0.05, 0) is 17.3 Å². The lowest BCUT2D eigenvalue weighted by Gasteiger charge is -2.13. The van der Waals surface area contributed by atoms with E-state index in [4.69, 9.17) is 46.4 Å². The van der Waals surface area contributed by atoms with Gasteiger partial charge in [0.25, 0.3) is 9.62 Å². The summed E-state index contributed by atoms with van der Waals surface area (Å²) in [6.45, 7) is 0. The van der Waals surface area contributed by atoms with Crippen LogP contribution in [0.5, 0.6) is 0 Å². The lowest BCUT2D eigenvalue weighted by Crippen LogP contribution is -2.31. The van der Waals surface area contributed by atoms with E-state index in [0.29, 0.717) is 4.80 Å². The third kappa shape index (κ3) is 4.56. The highest BCUT2D eigenvalue weighted by atomic mass is 35.6. The second kappa shape index (κ2) is 6.63. The van der Waals surface area contributed by atoms with E-state index in [2.05, 4.69) is 30.9 Å². The van der Waals surface area contributed by atoms with E-state index in [1.165, 1.54) is 12.3 Å². The Bertz CT molecular complexity index is 724. The van der Waals surface area contributed by atoms with E-state index < -0.39 is 21.6 Å². The number of anilines is 1. The maximum Gasteiger partial charge on any atom is 0.455 e. The number of nitrogens with zero attached hydrogens (tertiary/aromatic N) is 6. The number of hydrogen-bond acceptors (Lipinski definition) is 6. The summed E-state index contributed by atoms with van der Waals surface area (Å²) >= 11 is 22.8. The molecule has 0 aliphatic rings. The Morgan fingerprint density at radius 1 is 1.26 bits per heavy atom. The summed E-state index contributed by atoms with van der Waals surface area (Å²) in [6.07, 6.45) is -3.41. The van der Waals surface area contributed by atoms with Gasteiger partial charge in [0.15, 0.2) is 5.82 Å². The zero-order valence-electron chi connectivity index (χ0n) is 10.6. The minimum atomic E-state index is -4.81. The number of hydrogen-bond donors (Lipinski definition) is 1. The van der Waals surface area contributed by atoms with Crippen LogP contribution < -0.4 is 5.43 Å².